The van der Waals surface area contributed by atoms with Crippen molar-refractivity contribution in [2.75, 3.05) is 13.1 Å². The summed E-state index contributed by atoms with van der Waals surface area (Å²) in [7, 11) is 0. The van der Waals surface area contributed by atoms with Crippen molar-refractivity contribution >= 4 is 17.7 Å². The molecule has 0 aromatic rings. The van der Waals surface area contributed by atoms with Gasteiger partial charge >= 0.3 is 0 Å². The fourth-order valence-corrected chi connectivity index (χ4v) is 1.91. The fraction of sp³-hybridized carbons (Fsp3) is 0.800. The number of unbranched alkanes of at least 4 members (excludes halogenated alkanes) is 4. The quantitative estimate of drug-likeness (QED) is 0.626. The Morgan fingerprint density at radius 2 is 1.65 bits per heavy atom. The number of imide groups is 1. The van der Waals surface area contributed by atoms with Crippen molar-refractivity contribution in [2.24, 2.45) is 0 Å². The Hall–Kier alpha value is -1.39. The topological polar surface area (TPSA) is 66.5 Å². The van der Waals surface area contributed by atoms with E-state index in [1.54, 1.807) is 6.92 Å². The molecule has 116 valence electrons. The molecule has 5 heteroatoms. The molecule has 0 aliphatic carbocycles. The summed E-state index contributed by atoms with van der Waals surface area (Å²) in [5, 5.41) is 2.82. The van der Waals surface area contributed by atoms with E-state index >= 15 is 0 Å². The van der Waals surface area contributed by atoms with Gasteiger partial charge in [-0.15, -0.1) is 0 Å². The molecule has 5 nitrogen and oxygen atoms in total. The lowest BCUT2D eigenvalue weighted by molar-refractivity contribution is -0.143. The Balaban J connectivity index is 3.80. The molecule has 0 aromatic carbocycles. The molecule has 0 aliphatic rings. The van der Waals surface area contributed by atoms with Crippen LogP contribution in [0.25, 0.3) is 0 Å². The van der Waals surface area contributed by atoms with E-state index in [0.29, 0.717) is 6.54 Å². The SMILES string of the molecule is CCCCCCCNC(=O)CCN(C(C)=O)C(=O)CC. The van der Waals surface area contributed by atoms with Crippen LogP contribution < -0.4 is 5.32 Å². The standard InChI is InChI=1S/C15H28N2O3/c1-4-6-7-8-9-11-16-14(19)10-12-17(13(3)18)15(20)5-2/h4-12H2,1-3H3,(H,16,19). The highest BCUT2D eigenvalue weighted by Crippen LogP contribution is 2.01. The number of nitrogens with zero attached hydrogens (tertiary/aromatic N) is 1. The van der Waals surface area contributed by atoms with Crippen molar-refractivity contribution in [3.63, 3.8) is 0 Å². The highest BCUT2D eigenvalue weighted by Gasteiger charge is 2.16. The summed E-state index contributed by atoms with van der Waals surface area (Å²) in [6.07, 6.45) is 6.21. The van der Waals surface area contributed by atoms with Crippen LogP contribution >= 0.6 is 0 Å². The third-order valence-corrected chi connectivity index (χ3v) is 3.15. The Bertz CT molecular complexity index is 316. The highest BCUT2D eigenvalue weighted by atomic mass is 16.2. The van der Waals surface area contributed by atoms with E-state index < -0.39 is 0 Å². The molecule has 0 fully saturated rings. The average molecular weight is 284 g/mol. The van der Waals surface area contributed by atoms with E-state index in [4.69, 9.17) is 0 Å². The predicted molar refractivity (Wildman–Crippen MR) is 79.1 cm³/mol. The molecule has 0 radical (unpaired) electrons. The van der Waals surface area contributed by atoms with Gasteiger partial charge in [-0.05, 0) is 6.42 Å². The first-order chi connectivity index (χ1) is 9.52. The minimum absolute atomic E-state index is 0.101. The van der Waals surface area contributed by atoms with Gasteiger partial charge in [-0.25, -0.2) is 0 Å². The zero-order chi connectivity index (χ0) is 15.4. The molecule has 0 atom stereocenters. The van der Waals surface area contributed by atoms with Crippen molar-refractivity contribution in [3.05, 3.63) is 0 Å². The number of hydrogen-bond acceptors (Lipinski definition) is 3. The smallest absolute Gasteiger partial charge is 0.228 e. The lowest BCUT2D eigenvalue weighted by Gasteiger charge is -2.17. The number of carbonyl (C=O) groups excluding carboxylic acids is 3. The van der Waals surface area contributed by atoms with Gasteiger partial charge in [0.25, 0.3) is 0 Å². The van der Waals surface area contributed by atoms with Gasteiger partial charge in [-0.3, -0.25) is 19.3 Å². The first-order valence-electron chi connectivity index (χ1n) is 7.60. The second-order valence-corrected chi connectivity index (χ2v) is 4.93. The van der Waals surface area contributed by atoms with Gasteiger partial charge in [-0.1, -0.05) is 39.5 Å². The van der Waals surface area contributed by atoms with E-state index in [1.807, 2.05) is 0 Å². The summed E-state index contributed by atoms with van der Waals surface area (Å²) in [6.45, 7) is 6.06. The van der Waals surface area contributed by atoms with E-state index in [0.717, 1.165) is 17.7 Å². The van der Waals surface area contributed by atoms with Crippen LogP contribution in [0, 0.1) is 0 Å². The van der Waals surface area contributed by atoms with Crippen molar-refractivity contribution in [2.45, 2.75) is 65.7 Å². The third kappa shape index (κ3) is 8.67. The molecular weight excluding hydrogens is 256 g/mol. The van der Waals surface area contributed by atoms with Gasteiger partial charge < -0.3 is 5.32 Å². The Morgan fingerprint density at radius 3 is 2.20 bits per heavy atom. The molecule has 0 saturated carbocycles. The maximum atomic E-state index is 11.6. The molecule has 3 amide bonds. The fourth-order valence-electron chi connectivity index (χ4n) is 1.91. The summed E-state index contributed by atoms with van der Waals surface area (Å²) in [5.74, 6) is -0.635. The third-order valence-electron chi connectivity index (χ3n) is 3.15. The Kier molecular flexibility index (Phi) is 10.6. The molecule has 0 rings (SSSR count). The van der Waals surface area contributed by atoms with Crippen LogP contribution in [-0.2, 0) is 14.4 Å². The normalized spacial score (nSPS) is 10.2. The number of nitrogens with one attached hydrogen (secondary N) is 1. The number of amides is 3. The number of carbonyl (C=O) groups is 3. The molecule has 0 saturated heterocycles. The minimum atomic E-state index is -0.302. The predicted octanol–water partition coefficient (Wildman–Crippen LogP) is 2.25. The molecule has 0 unspecified atom stereocenters. The van der Waals surface area contributed by atoms with Gasteiger partial charge in [0.05, 0.1) is 0 Å². The van der Waals surface area contributed by atoms with Crippen LogP contribution in [0.5, 0.6) is 0 Å². The van der Waals surface area contributed by atoms with Crippen molar-refractivity contribution in [1.82, 2.24) is 10.2 Å². The molecule has 0 aliphatic heterocycles. The number of rotatable bonds is 10. The van der Waals surface area contributed by atoms with Crippen molar-refractivity contribution in [1.29, 1.82) is 0 Å². The first kappa shape index (κ1) is 18.6. The van der Waals surface area contributed by atoms with E-state index in [9.17, 15) is 14.4 Å². The highest BCUT2D eigenvalue weighted by molar-refractivity contribution is 5.94. The second kappa shape index (κ2) is 11.4. The van der Waals surface area contributed by atoms with Gasteiger partial charge in [0.15, 0.2) is 0 Å². The molecule has 20 heavy (non-hydrogen) atoms. The van der Waals surface area contributed by atoms with E-state index in [2.05, 4.69) is 12.2 Å². The monoisotopic (exact) mass is 284 g/mol. The summed E-state index contributed by atoms with van der Waals surface area (Å²) in [5.41, 5.74) is 0. The van der Waals surface area contributed by atoms with Gasteiger partial charge in [0.1, 0.15) is 0 Å². The molecule has 0 bridgehead atoms. The first-order valence-corrected chi connectivity index (χ1v) is 7.60. The number of hydrogen-bond donors (Lipinski definition) is 1. The van der Waals surface area contributed by atoms with Crippen LogP contribution in [0.3, 0.4) is 0 Å². The molecule has 1 N–H and O–H groups in total. The maximum absolute atomic E-state index is 11.6. The van der Waals surface area contributed by atoms with Crippen molar-refractivity contribution < 1.29 is 14.4 Å². The van der Waals surface area contributed by atoms with Crippen LogP contribution in [0.1, 0.15) is 65.7 Å². The molecular formula is C15H28N2O3. The summed E-state index contributed by atoms with van der Waals surface area (Å²) >= 11 is 0. The largest absolute Gasteiger partial charge is 0.356 e. The summed E-state index contributed by atoms with van der Waals surface area (Å²) < 4.78 is 0. The van der Waals surface area contributed by atoms with E-state index in [-0.39, 0.29) is 37.1 Å². The zero-order valence-electron chi connectivity index (χ0n) is 13.0. The zero-order valence-corrected chi connectivity index (χ0v) is 13.0. The summed E-state index contributed by atoms with van der Waals surface area (Å²) in [4.78, 5) is 35.5. The van der Waals surface area contributed by atoms with Crippen LogP contribution in [0.15, 0.2) is 0 Å². The summed E-state index contributed by atoms with van der Waals surface area (Å²) in [6, 6.07) is 0. The Labute approximate surface area is 122 Å². The molecule has 0 heterocycles. The molecule has 0 aromatic heterocycles. The van der Waals surface area contributed by atoms with Gasteiger partial charge in [0.2, 0.25) is 17.7 Å². The lowest BCUT2D eigenvalue weighted by Crippen LogP contribution is -2.38. The van der Waals surface area contributed by atoms with Crippen LogP contribution in [0.2, 0.25) is 0 Å². The van der Waals surface area contributed by atoms with Crippen LogP contribution in [0.4, 0.5) is 0 Å². The second-order valence-electron chi connectivity index (χ2n) is 4.93. The maximum Gasteiger partial charge on any atom is 0.228 e. The van der Waals surface area contributed by atoms with Crippen LogP contribution in [-0.4, -0.2) is 35.7 Å². The lowest BCUT2D eigenvalue weighted by atomic mass is 10.1. The minimum Gasteiger partial charge on any atom is -0.356 e. The Morgan fingerprint density at radius 1 is 1.00 bits per heavy atom. The van der Waals surface area contributed by atoms with Gasteiger partial charge in [0, 0.05) is 32.9 Å². The van der Waals surface area contributed by atoms with E-state index in [1.165, 1.54) is 26.2 Å². The average Bonchev–Trinajstić information content (AvgIpc) is 2.42. The van der Waals surface area contributed by atoms with Gasteiger partial charge in [-0.2, -0.15) is 0 Å². The van der Waals surface area contributed by atoms with Crippen molar-refractivity contribution in [3.8, 4) is 0 Å². The molecule has 0 spiro atoms.